The number of ether oxygens (including phenoxy) is 2. The Morgan fingerprint density at radius 2 is 2.50 bits per heavy atom. The minimum absolute atomic E-state index is 0.322. The van der Waals surface area contributed by atoms with Gasteiger partial charge in [0.05, 0.1) is 12.8 Å². The molecule has 0 saturated heterocycles. The first-order valence-corrected chi connectivity index (χ1v) is 2.36. The van der Waals surface area contributed by atoms with Gasteiger partial charge in [0.25, 0.3) is 0 Å². The largest absolute Gasteiger partial charge is 0.474 e. The summed E-state index contributed by atoms with van der Waals surface area (Å²) in [4.78, 5) is 3.78. The molecule has 1 aliphatic heterocycles. The van der Waals surface area contributed by atoms with E-state index >= 15 is 0 Å². The van der Waals surface area contributed by atoms with Crippen LogP contribution >= 0.6 is 0 Å². The van der Waals surface area contributed by atoms with Crippen molar-refractivity contribution in [3.63, 3.8) is 0 Å². The van der Waals surface area contributed by atoms with Gasteiger partial charge in [0, 0.05) is 6.21 Å². The van der Waals surface area contributed by atoms with Crippen molar-refractivity contribution >= 4 is 6.21 Å². The van der Waals surface area contributed by atoms with E-state index in [-0.39, 0.29) is 0 Å². The third kappa shape index (κ3) is 1.75. The van der Waals surface area contributed by atoms with Crippen LogP contribution in [0.2, 0.25) is 0 Å². The summed E-state index contributed by atoms with van der Waals surface area (Å²) in [7, 11) is 0. The van der Waals surface area contributed by atoms with Gasteiger partial charge in [0.15, 0.2) is 6.79 Å². The molecule has 1 heterocycles. The second-order valence-electron chi connectivity index (χ2n) is 1.27. The number of hydrogen-bond donors (Lipinski definition) is 0. The first kappa shape index (κ1) is 5.31. The lowest BCUT2D eigenvalue weighted by molar-refractivity contribution is 0.00649. The third-order valence-corrected chi connectivity index (χ3v) is 0.692. The second-order valence-corrected chi connectivity index (χ2v) is 1.27. The predicted molar refractivity (Wildman–Crippen MR) is 29.5 cm³/mol. The van der Waals surface area contributed by atoms with Gasteiger partial charge in [-0.3, -0.25) is 4.99 Å². The molecule has 0 fully saturated rings. The minimum atomic E-state index is 0.322. The Morgan fingerprint density at radius 1 is 1.50 bits per heavy atom. The topological polar surface area (TPSA) is 30.8 Å². The highest BCUT2D eigenvalue weighted by molar-refractivity contribution is 5.59. The van der Waals surface area contributed by atoms with Gasteiger partial charge in [0.1, 0.15) is 6.26 Å². The number of aliphatic imine (C=N–C) groups is 1. The fraction of sp³-hybridized carbons (Fsp3) is 0.400. The summed E-state index contributed by atoms with van der Waals surface area (Å²) < 4.78 is 9.61. The maximum atomic E-state index is 4.85. The molecule has 0 unspecified atom stereocenters. The standard InChI is InChI=1S/C5H7NO2/c1-3-7-5-8-4-2-6-1/h1-3H,4-5H2/b3-1-,6-2?. The molecular weight excluding hydrogens is 106 g/mol. The Bertz CT molecular complexity index is 95.0. The minimum Gasteiger partial charge on any atom is -0.474 e. The van der Waals surface area contributed by atoms with Crippen LogP contribution in [0.4, 0.5) is 0 Å². The molecule has 3 nitrogen and oxygen atoms in total. The Labute approximate surface area is 47.6 Å². The van der Waals surface area contributed by atoms with Crippen molar-refractivity contribution in [3.05, 3.63) is 12.5 Å². The van der Waals surface area contributed by atoms with E-state index in [1.54, 1.807) is 12.4 Å². The van der Waals surface area contributed by atoms with Crippen LogP contribution in [0.3, 0.4) is 0 Å². The number of nitrogens with zero attached hydrogens (tertiary/aromatic N) is 1. The zero-order valence-corrected chi connectivity index (χ0v) is 4.41. The van der Waals surface area contributed by atoms with Crippen LogP contribution in [0, 0.1) is 0 Å². The molecule has 0 aliphatic carbocycles. The van der Waals surface area contributed by atoms with Gasteiger partial charge < -0.3 is 9.47 Å². The molecule has 0 aromatic heterocycles. The molecule has 0 atom stereocenters. The monoisotopic (exact) mass is 113 g/mol. The molecule has 3 heteroatoms. The molecule has 0 aromatic rings. The highest BCUT2D eigenvalue weighted by Crippen LogP contribution is 1.83. The summed E-state index contributed by atoms with van der Waals surface area (Å²) in [6.45, 7) is 0.854. The van der Waals surface area contributed by atoms with Gasteiger partial charge in [-0.2, -0.15) is 0 Å². The van der Waals surface area contributed by atoms with Crippen molar-refractivity contribution in [2.75, 3.05) is 13.4 Å². The van der Waals surface area contributed by atoms with Crippen molar-refractivity contribution < 1.29 is 9.47 Å². The second kappa shape index (κ2) is 3.21. The normalized spacial score (nSPS) is 23.0. The fourth-order valence-corrected chi connectivity index (χ4v) is 0.370. The van der Waals surface area contributed by atoms with Crippen LogP contribution in [0.25, 0.3) is 0 Å². The highest BCUT2D eigenvalue weighted by atomic mass is 16.7. The average Bonchev–Trinajstić information content (AvgIpc) is 1.62. The van der Waals surface area contributed by atoms with E-state index in [9.17, 15) is 0 Å². The molecule has 1 aliphatic rings. The van der Waals surface area contributed by atoms with Crippen molar-refractivity contribution in [3.8, 4) is 0 Å². The maximum Gasteiger partial charge on any atom is 0.188 e. The highest BCUT2D eigenvalue weighted by Gasteiger charge is 1.82. The van der Waals surface area contributed by atoms with Gasteiger partial charge in [-0.1, -0.05) is 0 Å². The third-order valence-electron chi connectivity index (χ3n) is 0.692. The quantitative estimate of drug-likeness (QED) is 0.459. The smallest absolute Gasteiger partial charge is 0.188 e. The SMILES string of the molecule is C1=N/C=C\OCOC1. The number of hydrogen-bond acceptors (Lipinski definition) is 3. The zero-order valence-electron chi connectivity index (χ0n) is 4.41. The van der Waals surface area contributed by atoms with Gasteiger partial charge in [0.2, 0.25) is 0 Å². The molecule has 8 heavy (non-hydrogen) atoms. The van der Waals surface area contributed by atoms with Gasteiger partial charge in [-0.05, 0) is 0 Å². The molecular formula is C5H7NO2. The van der Waals surface area contributed by atoms with Gasteiger partial charge >= 0.3 is 0 Å². The first-order valence-electron chi connectivity index (χ1n) is 2.36. The molecule has 0 spiro atoms. The molecule has 44 valence electrons. The predicted octanol–water partition coefficient (Wildman–Crippen LogP) is 0.533. The van der Waals surface area contributed by atoms with Crippen LogP contribution in [0.15, 0.2) is 17.5 Å². The molecule has 0 N–H and O–H groups in total. The van der Waals surface area contributed by atoms with Crippen molar-refractivity contribution in [1.82, 2.24) is 0 Å². The summed E-state index contributed by atoms with van der Waals surface area (Å²) in [5, 5.41) is 0. The van der Waals surface area contributed by atoms with Crippen molar-refractivity contribution in [1.29, 1.82) is 0 Å². The van der Waals surface area contributed by atoms with E-state index in [0.717, 1.165) is 0 Å². The van der Waals surface area contributed by atoms with E-state index in [2.05, 4.69) is 4.99 Å². The first-order chi connectivity index (χ1) is 4.00. The van der Waals surface area contributed by atoms with Crippen LogP contribution in [0.5, 0.6) is 0 Å². The van der Waals surface area contributed by atoms with Gasteiger partial charge in [-0.25, -0.2) is 0 Å². The Morgan fingerprint density at radius 3 is 3.50 bits per heavy atom. The summed E-state index contributed by atoms with van der Waals surface area (Å²) in [6, 6.07) is 0. The maximum absolute atomic E-state index is 4.85. The number of rotatable bonds is 0. The van der Waals surface area contributed by atoms with E-state index < -0.39 is 0 Å². The molecule has 0 bridgehead atoms. The Balaban J connectivity index is 2.33. The van der Waals surface area contributed by atoms with Crippen molar-refractivity contribution in [2.45, 2.75) is 0 Å². The van der Waals surface area contributed by atoms with E-state index in [4.69, 9.17) is 9.47 Å². The zero-order chi connectivity index (χ0) is 5.66. The lowest BCUT2D eigenvalue weighted by Gasteiger charge is -2.00. The molecule has 0 amide bonds. The van der Waals surface area contributed by atoms with Crippen LogP contribution in [-0.4, -0.2) is 19.6 Å². The van der Waals surface area contributed by atoms with Gasteiger partial charge in [-0.15, -0.1) is 0 Å². The molecule has 0 saturated carbocycles. The summed E-state index contributed by atoms with van der Waals surface area (Å²) in [6.07, 6.45) is 4.76. The Hall–Kier alpha value is -0.830. The fourth-order valence-electron chi connectivity index (χ4n) is 0.370. The van der Waals surface area contributed by atoms with E-state index in [0.29, 0.717) is 13.4 Å². The van der Waals surface area contributed by atoms with Crippen LogP contribution in [-0.2, 0) is 9.47 Å². The summed E-state index contributed by atoms with van der Waals surface area (Å²) >= 11 is 0. The molecule has 0 radical (unpaired) electrons. The average molecular weight is 113 g/mol. The molecule has 1 rings (SSSR count). The molecule has 0 aromatic carbocycles. The van der Waals surface area contributed by atoms with Crippen molar-refractivity contribution in [2.24, 2.45) is 4.99 Å². The lowest BCUT2D eigenvalue weighted by atomic mass is 10.8. The van der Waals surface area contributed by atoms with E-state index in [1.807, 2.05) is 0 Å². The van der Waals surface area contributed by atoms with E-state index in [1.165, 1.54) is 6.26 Å². The summed E-state index contributed by atoms with van der Waals surface area (Å²) in [5.41, 5.74) is 0. The van der Waals surface area contributed by atoms with Crippen LogP contribution < -0.4 is 0 Å². The lowest BCUT2D eigenvalue weighted by Crippen LogP contribution is -1.99. The summed E-state index contributed by atoms with van der Waals surface area (Å²) in [5.74, 6) is 0. The Kier molecular flexibility index (Phi) is 2.13. The van der Waals surface area contributed by atoms with Crippen LogP contribution in [0.1, 0.15) is 0 Å².